The predicted octanol–water partition coefficient (Wildman–Crippen LogP) is 4.51. The van der Waals surface area contributed by atoms with Gasteiger partial charge < -0.3 is 4.90 Å². The second-order valence-electron chi connectivity index (χ2n) is 4.68. The minimum atomic E-state index is 0.682. The summed E-state index contributed by atoms with van der Waals surface area (Å²) in [6.45, 7) is 4.49. The highest BCUT2D eigenvalue weighted by molar-refractivity contribution is 9.10. The van der Waals surface area contributed by atoms with Crippen LogP contribution in [0.4, 0.5) is 5.82 Å². The fraction of sp³-hybridized carbons (Fsp3) is 0.615. The molecule has 2 nitrogen and oxygen atoms in total. The van der Waals surface area contributed by atoms with E-state index >= 15 is 0 Å². The number of hydrogen-bond donors (Lipinski definition) is 0. The summed E-state index contributed by atoms with van der Waals surface area (Å²) in [6.07, 6.45) is 6.95. The van der Waals surface area contributed by atoms with Gasteiger partial charge in [0.25, 0.3) is 0 Å². The summed E-state index contributed by atoms with van der Waals surface area (Å²) >= 11 is 9.45. The Hall–Kier alpha value is -0.280. The van der Waals surface area contributed by atoms with E-state index in [-0.39, 0.29) is 0 Å². The maximum absolute atomic E-state index is 5.91. The molecule has 0 aromatic carbocycles. The van der Waals surface area contributed by atoms with Crippen molar-refractivity contribution in [1.29, 1.82) is 0 Å². The molecule has 94 valence electrons. The lowest BCUT2D eigenvalue weighted by Gasteiger charge is -2.33. The number of hydrogen-bond acceptors (Lipinski definition) is 2. The highest BCUT2D eigenvalue weighted by Crippen LogP contribution is 2.30. The van der Waals surface area contributed by atoms with E-state index in [1.54, 1.807) is 6.20 Å². The molecule has 0 unspecified atom stereocenters. The average Bonchev–Trinajstić information content (AvgIpc) is 2.31. The van der Waals surface area contributed by atoms with E-state index in [1.165, 1.54) is 25.7 Å². The van der Waals surface area contributed by atoms with Crippen molar-refractivity contribution in [3.8, 4) is 0 Å². The van der Waals surface area contributed by atoms with Crippen molar-refractivity contribution in [2.45, 2.75) is 32.6 Å². The Morgan fingerprint density at radius 1 is 1.47 bits per heavy atom. The Bertz CT molecular complexity index is 376. The minimum absolute atomic E-state index is 0.682. The molecule has 2 rings (SSSR count). The number of pyridine rings is 1. The van der Waals surface area contributed by atoms with Crippen molar-refractivity contribution < 1.29 is 0 Å². The molecule has 1 saturated heterocycles. The smallest absolute Gasteiger partial charge is 0.142 e. The number of aromatic nitrogens is 1. The van der Waals surface area contributed by atoms with E-state index in [0.717, 1.165) is 29.3 Å². The highest BCUT2D eigenvalue weighted by atomic mass is 79.9. The SMILES string of the molecule is CCCC1CCN(c2ncc(Cl)cc2Br)CC1. The molecule has 1 aliphatic heterocycles. The quantitative estimate of drug-likeness (QED) is 0.815. The summed E-state index contributed by atoms with van der Waals surface area (Å²) in [5, 5.41) is 0.682. The van der Waals surface area contributed by atoms with Crippen molar-refractivity contribution in [3.63, 3.8) is 0 Å². The number of piperidine rings is 1. The van der Waals surface area contributed by atoms with Gasteiger partial charge in [-0.3, -0.25) is 0 Å². The molecule has 0 atom stereocenters. The molecule has 0 amide bonds. The van der Waals surface area contributed by atoms with Crippen LogP contribution in [0.3, 0.4) is 0 Å². The first-order chi connectivity index (χ1) is 8.20. The lowest BCUT2D eigenvalue weighted by molar-refractivity contribution is 0.377. The van der Waals surface area contributed by atoms with Gasteiger partial charge in [0, 0.05) is 19.3 Å². The molecule has 1 aromatic heterocycles. The van der Waals surface area contributed by atoms with Gasteiger partial charge in [-0.25, -0.2) is 4.98 Å². The van der Waals surface area contributed by atoms with Crippen LogP contribution in [0.2, 0.25) is 5.02 Å². The van der Waals surface area contributed by atoms with E-state index < -0.39 is 0 Å². The third-order valence-corrected chi connectivity index (χ3v) is 4.19. The molecular weight excluding hydrogens is 300 g/mol. The predicted molar refractivity (Wildman–Crippen MR) is 76.8 cm³/mol. The molecule has 2 heterocycles. The molecule has 0 saturated carbocycles. The lowest BCUT2D eigenvalue weighted by atomic mass is 9.92. The number of halogens is 2. The van der Waals surface area contributed by atoms with E-state index in [4.69, 9.17) is 11.6 Å². The van der Waals surface area contributed by atoms with Crippen LogP contribution < -0.4 is 4.90 Å². The van der Waals surface area contributed by atoms with Crippen molar-refractivity contribution in [1.82, 2.24) is 4.98 Å². The summed E-state index contributed by atoms with van der Waals surface area (Å²) in [5.41, 5.74) is 0. The number of rotatable bonds is 3. The Morgan fingerprint density at radius 2 is 2.18 bits per heavy atom. The Kier molecular flexibility index (Phi) is 4.69. The van der Waals surface area contributed by atoms with E-state index in [0.29, 0.717) is 5.02 Å². The summed E-state index contributed by atoms with van der Waals surface area (Å²) in [5.74, 6) is 1.94. The topological polar surface area (TPSA) is 16.1 Å². The summed E-state index contributed by atoms with van der Waals surface area (Å²) < 4.78 is 0.999. The van der Waals surface area contributed by atoms with Gasteiger partial charge in [-0.2, -0.15) is 0 Å². The summed E-state index contributed by atoms with van der Waals surface area (Å²) in [7, 11) is 0. The highest BCUT2D eigenvalue weighted by Gasteiger charge is 2.20. The lowest BCUT2D eigenvalue weighted by Crippen LogP contribution is -2.34. The van der Waals surface area contributed by atoms with Crippen molar-refractivity contribution in [2.75, 3.05) is 18.0 Å². The van der Waals surface area contributed by atoms with Gasteiger partial charge in [-0.1, -0.05) is 31.4 Å². The van der Waals surface area contributed by atoms with Gasteiger partial charge >= 0.3 is 0 Å². The van der Waals surface area contributed by atoms with E-state index in [9.17, 15) is 0 Å². The molecule has 0 aliphatic carbocycles. The minimum Gasteiger partial charge on any atom is -0.356 e. The maximum Gasteiger partial charge on any atom is 0.142 e. The van der Waals surface area contributed by atoms with Crippen molar-refractivity contribution >= 4 is 33.3 Å². The third kappa shape index (κ3) is 3.35. The Morgan fingerprint density at radius 3 is 2.76 bits per heavy atom. The first-order valence-electron chi connectivity index (χ1n) is 6.26. The Labute approximate surface area is 116 Å². The van der Waals surface area contributed by atoms with Gasteiger partial charge in [0.05, 0.1) is 9.50 Å². The first-order valence-corrected chi connectivity index (χ1v) is 7.43. The van der Waals surface area contributed by atoms with Crippen molar-refractivity contribution in [2.24, 2.45) is 5.92 Å². The largest absolute Gasteiger partial charge is 0.356 e. The van der Waals surface area contributed by atoms with Crippen LogP contribution in [0.15, 0.2) is 16.7 Å². The van der Waals surface area contributed by atoms with Gasteiger partial charge in [-0.15, -0.1) is 0 Å². The molecule has 0 bridgehead atoms. The van der Waals surface area contributed by atoms with Gasteiger partial charge in [0.15, 0.2) is 0 Å². The summed E-state index contributed by atoms with van der Waals surface area (Å²) in [6, 6.07) is 1.92. The molecule has 0 N–H and O–H groups in total. The zero-order valence-corrected chi connectivity index (χ0v) is 12.5. The Balaban J connectivity index is 2.00. The van der Waals surface area contributed by atoms with Gasteiger partial charge in [0.2, 0.25) is 0 Å². The fourth-order valence-corrected chi connectivity index (χ4v) is 3.37. The molecule has 1 fully saturated rings. The molecule has 0 radical (unpaired) electrons. The zero-order chi connectivity index (χ0) is 12.3. The van der Waals surface area contributed by atoms with Crippen molar-refractivity contribution in [3.05, 3.63) is 21.8 Å². The zero-order valence-electron chi connectivity index (χ0n) is 10.1. The fourth-order valence-electron chi connectivity index (χ4n) is 2.48. The monoisotopic (exact) mass is 316 g/mol. The van der Waals surface area contributed by atoms with Gasteiger partial charge in [-0.05, 0) is 40.8 Å². The molecular formula is C13H18BrClN2. The van der Waals surface area contributed by atoms with Crippen LogP contribution in [0.1, 0.15) is 32.6 Å². The normalized spacial score (nSPS) is 17.5. The molecule has 17 heavy (non-hydrogen) atoms. The molecule has 0 spiro atoms. The molecule has 1 aromatic rings. The van der Waals surface area contributed by atoms with E-state index in [2.05, 4.69) is 32.7 Å². The maximum atomic E-state index is 5.91. The molecule has 4 heteroatoms. The van der Waals surface area contributed by atoms with E-state index in [1.807, 2.05) is 6.07 Å². The van der Waals surface area contributed by atoms with Crippen LogP contribution in [-0.4, -0.2) is 18.1 Å². The first kappa shape index (κ1) is 13.2. The number of nitrogens with zero attached hydrogens (tertiary/aromatic N) is 2. The van der Waals surface area contributed by atoms with Crippen LogP contribution in [-0.2, 0) is 0 Å². The third-order valence-electron chi connectivity index (χ3n) is 3.40. The second-order valence-corrected chi connectivity index (χ2v) is 5.97. The van der Waals surface area contributed by atoms with Crippen LogP contribution >= 0.6 is 27.5 Å². The average molecular weight is 318 g/mol. The number of anilines is 1. The van der Waals surface area contributed by atoms with Crippen LogP contribution in [0.25, 0.3) is 0 Å². The second kappa shape index (κ2) is 6.05. The standard InChI is InChI=1S/C13H18BrClN2/c1-2-3-10-4-6-17(7-5-10)13-12(14)8-11(15)9-16-13/h8-10H,2-7H2,1H3. The molecule has 1 aliphatic rings. The van der Waals surface area contributed by atoms with Gasteiger partial charge in [0.1, 0.15) is 5.82 Å². The van der Waals surface area contributed by atoms with Crippen LogP contribution in [0.5, 0.6) is 0 Å². The summed E-state index contributed by atoms with van der Waals surface area (Å²) in [4.78, 5) is 6.77. The van der Waals surface area contributed by atoms with Crippen LogP contribution in [0, 0.1) is 5.92 Å².